The van der Waals surface area contributed by atoms with Gasteiger partial charge in [0.2, 0.25) is 0 Å². The van der Waals surface area contributed by atoms with E-state index in [1.54, 1.807) is 6.07 Å². The molecule has 0 atom stereocenters. The molecule has 1 aliphatic rings. The molecule has 1 aliphatic carbocycles. The van der Waals surface area contributed by atoms with Crippen LogP contribution in [-0.4, -0.2) is 29.0 Å². The second-order valence-electron chi connectivity index (χ2n) is 4.53. The molecule has 1 saturated carbocycles. The summed E-state index contributed by atoms with van der Waals surface area (Å²) < 4.78 is 5.32. The van der Waals surface area contributed by atoms with Crippen molar-refractivity contribution in [3.05, 3.63) is 23.8 Å². The molecule has 0 unspecified atom stereocenters. The van der Waals surface area contributed by atoms with E-state index in [9.17, 15) is 10.2 Å². The molecule has 94 valence electrons. The molecule has 0 aromatic heterocycles. The van der Waals surface area contributed by atoms with Gasteiger partial charge in [0.25, 0.3) is 0 Å². The third-order valence-corrected chi connectivity index (χ3v) is 3.15. The number of aliphatic hydroxyl groups is 1. The maximum atomic E-state index is 9.57. The number of rotatable bonds is 6. The molecule has 2 rings (SSSR count). The summed E-state index contributed by atoms with van der Waals surface area (Å²) in [5, 5.41) is 22.1. The lowest BCUT2D eigenvalue weighted by molar-refractivity contribution is 0.229. The van der Waals surface area contributed by atoms with E-state index in [1.807, 2.05) is 19.1 Å². The summed E-state index contributed by atoms with van der Waals surface area (Å²) >= 11 is 0. The minimum Gasteiger partial charge on any atom is -0.504 e. The smallest absolute Gasteiger partial charge is 0.161 e. The summed E-state index contributed by atoms with van der Waals surface area (Å²) in [5.41, 5.74) is 0.981. The van der Waals surface area contributed by atoms with Crippen molar-refractivity contribution in [2.75, 3.05) is 13.2 Å². The van der Waals surface area contributed by atoms with Gasteiger partial charge in [-0.05, 0) is 37.5 Å². The normalized spacial score (nSPS) is 16.8. The topological polar surface area (TPSA) is 61.7 Å². The van der Waals surface area contributed by atoms with Crippen LogP contribution in [0.5, 0.6) is 11.5 Å². The van der Waals surface area contributed by atoms with E-state index in [4.69, 9.17) is 4.74 Å². The summed E-state index contributed by atoms with van der Waals surface area (Å²) in [5.74, 6) is 0.680. The molecular formula is C13H19NO3. The maximum Gasteiger partial charge on any atom is 0.161 e. The highest BCUT2D eigenvalue weighted by Crippen LogP contribution is 2.35. The first-order chi connectivity index (χ1) is 8.19. The van der Waals surface area contributed by atoms with Gasteiger partial charge in [-0.2, -0.15) is 0 Å². The molecular weight excluding hydrogens is 218 g/mol. The van der Waals surface area contributed by atoms with Crippen LogP contribution in [0.15, 0.2) is 18.2 Å². The Morgan fingerprint density at radius 2 is 2.18 bits per heavy atom. The summed E-state index contributed by atoms with van der Waals surface area (Å²) in [6.07, 6.45) is 2.06. The summed E-state index contributed by atoms with van der Waals surface area (Å²) in [4.78, 5) is 0. The van der Waals surface area contributed by atoms with Crippen LogP contribution in [0.4, 0.5) is 0 Å². The first-order valence-corrected chi connectivity index (χ1v) is 6.00. The fourth-order valence-corrected chi connectivity index (χ4v) is 1.77. The Kier molecular flexibility index (Phi) is 3.54. The fraction of sp³-hybridized carbons (Fsp3) is 0.538. The zero-order valence-electron chi connectivity index (χ0n) is 10.1. The van der Waals surface area contributed by atoms with Crippen molar-refractivity contribution in [3.8, 4) is 11.5 Å². The van der Waals surface area contributed by atoms with Crippen molar-refractivity contribution < 1.29 is 14.9 Å². The van der Waals surface area contributed by atoms with Gasteiger partial charge in [0.15, 0.2) is 11.5 Å². The highest BCUT2D eigenvalue weighted by atomic mass is 16.5. The van der Waals surface area contributed by atoms with Gasteiger partial charge in [-0.25, -0.2) is 0 Å². The Balaban J connectivity index is 1.98. The molecule has 0 radical (unpaired) electrons. The lowest BCUT2D eigenvalue weighted by atomic mass is 10.2. The van der Waals surface area contributed by atoms with Crippen LogP contribution < -0.4 is 10.1 Å². The number of benzene rings is 1. The Bertz CT molecular complexity index is 388. The van der Waals surface area contributed by atoms with Gasteiger partial charge in [-0.3, -0.25) is 0 Å². The van der Waals surface area contributed by atoms with Gasteiger partial charge in [0.05, 0.1) is 13.2 Å². The van der Waals surface area contributed by atoms with E-state index in [-0.39, 0.29) is 17.9 Å². The van der Waals surface area contributed by atoms with E-state index in [0.29, 0.717) is 18.9 Å². The van der Waals surface area contributed by atoms with E-state index in [0.717, 1.165) is 18.4 Å². The van der Waals surface area contributed by atoms with Gasteiger partial charge in [0.1, 0.15) is 0 Å². The van der Waals surface area contributed by atoms with Gasteiger partial charge in [-0.1, -0.05) is 6.07 Å². The summed E-state index contributed by atoms with van der Waals surface area (Å²) in [6.45, 7) is 3.28. The van der Waals surface area contributed by atoms with Crippen molar-refractivity contribution in [2.24, 2.45) is 0 Å². The summed E-state index contributed by atoms with van der Waals surface area (Å²) in [6, 6.07) is 5.33. The Morgan fingerprint density at radius 3 is 2.76 bits per heavy atom. The van der Waals surface area contributed by atoms with Crippen molar-refractivity contribution in [3.63, 3.8) is 0 Å². The molecule has 3 N–H and O–H groups in total. The molecule has 0 amide bonds. The van der Waals surface area contributed by atoms with Gasteiger partial charge < -0.3 is 20.3 Å². The molecule has 1 aromatic carbocycles. The van der Waals surface area contributed by atoms with Gasteiger partial charge in [0, 0.05) is 12.1 Å². The third kappa shape index (κ3) is 2.90. The molecule has 0 aliphatic heterocycles. The molecule has 4 nitrogen and oxygen atoms in total. The lowest BCUT2D eigenvalue weighted by Gasteiger charge is -2.15. The number of hydrogen-bond acceptors (Lipinski definition) is 4. The molecule has 0 spiro atoms. The number of hydrogen-bond donors (Lipinski definition) is 3. The predicted molar refractivity (Wildman–Crippen MR) is 65.2 cm³/mol. The molecule has 17 heavy (non-hydrogen) atoms. The van der Waals surface area contributed by atoms with Crippen LogP contribution >= 0.6 is 0 Å². The van der Waals surface area contributed by atoms with Crippen LogP contribution in [0, 0.1) is 0 Å². The van der Waals surface area contributed by atoms with Gasteiger partial charge >= 0.3 is 0 Å². The molecule has 0 bridgehead atoms. The minimum absolute atomic E-state index is 0.0658. The second-order valence-corrected chi connectivity index (χ2v) is 4.53. The third-order valence-electron chi connectivity index (χ3n) is 3.15. The molecule has 4 heteroatoms. The van der Waals surface area contributed by atoms with Crippen LogP contribution in [0.2, 0.25) is 0 Å². The average Bonchev–Trinajstić information content (AvgIpc) is 3.11. The Labute approximate surface area is 101 Å². The van der Waals surface area contributed by atoms with Gasteiger partial charge in [-0.15, -0.1) is 0 Å². The monoisotopic (exact) mass is 237 g/mol. The second kappa shape index (κ2) is 4.94. The number of phenolic OH excluding ortho intramolecular Hbond substituents is 1. The maximum absolute atomic E-state index is 9.57. The highest BCUT2D eigenvalue weighted by Gasteiger charge is 2.41. The van der Waals surface area contributed by atoms with Crippen LogP contribution in [0.25, 0.3) is 0 Å². The number of aliphatic hydroxyl groups excluding tert-OH is 1. The quantitative estimate of drug-likeness (QED) is 0.700. The first-order valence-electron chi connectivity index (χ1n) is 6.00. The number of phenols is 1. The standard InChI is InChI=1S/C13H19NO3/c1-2-17-12-7-10(3-4-11(12)16)8-14-13(9-15)5-6-13/h3-4,7,14-16H,2,5-6,8-9H2,1H3. The molecule has 0 heterocycles. The van der Waals surface area contributed by atoms with Crippen molar-refractivity contribution in [1.82, 2.24) is 5.32 Å². The fourth-order valence-electron chi connectivity index (χ4n) is 1.77. The minimum atomic E-state index is -0.0658. The van der Waals surface area contributed by atoms with Crippen molar-refractivity contribution in [2.45, 2.75) is 31.8 Å². The number of ether oxygens (including phenoxy) is 1. The van der Waals surface area contributed by atoms with Crippen molar-refractivity contribution >= 4 is 0 Å². The van der Waals surface area contributed by atoms with E-state index < -0.39 is 0 Å². The first kappa shape index (κ1) is 12.2. The Hall–Kier alpha value is -1.26. The Morgan fingerprint density at radius 1 is 1.41 bits per heavy atom. The molecule has 1 aromatic rings. The lowest BCUT2D eigenvalue weighted by Crippen LogP contribution is -2.34. The summed E-state index contributed by atoms with van der Waals surface area (Å²) in [7, 11) is 0. The van der Waals surface area contributed by atoms with E-state index in [1.165, 1.54) is 0 Å². The van der Waals surface area contributed by atoms with Crippen LogP contribution in [0.3, 0.4) is 0 Å². The van der Waals surface area contributed by atoms with Crippen LogP contribution in [0.1, 0.15) is 25.3 Å². The average molecular weight is 237 g/mol. The predicted octanol–water partition coefficient (Wildman–Crippen LogP) is 1.41. The number of nitrogens with one attached hydrogen (secondary N) is 1. The van der Waals surface area contributed by atoms with Crippen molar-refractivity contribution in [1.29, 1.82) is 0 Å². The molecule has 1 fully saturated rings. The SMILES string of the molecule is CCOc1cc(CNC2(CO)CC2)ccc1O. The van der Waals surface area contributed by atoms with E-state index in [2.05, 4.69) is 5.32 Å². The number of aromatic hydroxyl groups is 1. The highest BCUT2D eigenvalue weighted by molar-refractivity contribution is 5.41. The largest absolute Gasteiger partial charge is 0.504 e. The van der Waals surface area contributed by atoms with Crippen LogP contribution in [-0.2, 0) is 6.54 Å². The zero-order chi connectivity index (χ0) is 12.3. The molecule has 0 saturated heterocycles. The zero-order valence-corrected chi connectivity index (χ0v) is 10.1. The van der Waals surface area contributed by atoms with E-state index >= 15 is 0 Å².